The van der Waals surface area contributed by atoms with Gasteiger partial charge in [-0.1, -0.05) is 24.3 Å². The smallest absolute Gasteiger partial charge is 0.339 e. The Kier molecular flexibility index (Phi) is 6.52. The fourth-order valence-electron chi connectivity index (χ4n) is 3.76. The second-order valence-corrected chi connectivity index (χ2v) is 7.85. The molecular formula is C22H22F3N3O4. The summed E-state index contributed by atoms with van der Waals surface area (Å²) in [6.07, 6.45) is -4.52. The Hall–Kier alpha value is -3.43. The Balaban J connectivity index is 1.68. The van der Waals surface area contributed by atoms with Crippen molar-refractivity contribution in [2.45, 2.75) is 32.1 Å². The Morgan fingerprint density at radius 1 is 1.25 bits per heavy atom. The van der Waals surface area contributed by atoms with Crippen molar-refractivity contribution in [3.63, 3.8) is 0 Å². The third-order valence-electron chi connectivity index (χ3n) is 5.68. The summed E-state index contributed by atoms with van der Waals surface area (Å²) in [6, 6.07) is 10.3. The van der Waals surface area contributed by atoms with Crippen LogP contribution in [-0.4, -0.2) is 40.1 Å². The molecule has 0 N–H and O–H groups in total. The van der Waals surface area contributed by atoms with Gasteiger partial charge in [0.05, 0.1) is 22.4 Å². The molecule has 0 spiro atoms. The molecule has 2 amide bonds. The largest absolute Gasteiger partial charge is 0.416 e. The van der Waals surface area contributed by atoms with Crippen molar-refractivity contribution in [1.82, 2.24) is 9.80 Å². The van der Waals surface area contributed by atoms with Crippen molar-refractivity contribution in [2.24, 2.45) is 5.92 Å². The first-order chi connectivity index (χ1) is 15.0. The number of nitrogens with zero attached hydrogens (tertiary/aromatic N) is 3. The molecule has 0 bridgehead atoms. The molecule has 1 aliphatic rings. The predicted molar refractivity (Wildman–Crippen MR) is 109 cm³/mol. The number of hydrogen-bond acceptors (Lipinski definition) is 4. The SMILES string of the molecule is CC(c1cccc([N+](=O)[O-])c1)N(C)C(=O)C1CC(=O)N(Cc2cccc(C(F)(F)F)c2)C1. The first kappa shape index (κ1) is 23.2. The third-order valence-corrected chi connectivity index (χ3v) is 5.68. The zero-order chi connectivity index (χ0) is 23.6. The fraction of sp³-hybridized carbons (Fsp3) is 0.364. The van der Waals surface area contributed by atoms with Gasteiger partial charge < -0.3 is 9.80 Å². The van der Waals surface area contributed by atoms with Gasteiger partial charge in [0.15, 0.2) is 0 Å². The summed E-state index contributed by atoms with van der Waals surface area (Å²) in [5.41, 5.74) is 0.0399. The minimum absolute atomic E-state index is 0.0172. The zero-order valence-corrected chi connectivity index (χ0v) is 17.5. The van der Waals surface area contributed by atoms with Crippen LogP contribution in [0.1, 0.15) is 36.1 Å². The number of benzene rings is 2. The number of non-ortho nitro benzene ring substituents is 1. The number of likely N-dealkylation sites (tertiary alicyclic amines) is 1. The predicted octanol–water partition coefficient (Wildman–Crippen LogP) is 4.18. The second-order valence-electron chi connectivity index (χ2n) is 7.85. The topological polar surface area (TPSA) is 83.8 Å². The van der Waals surface area contributed by atoms with Crippen LogP contribution < -0.4 is 0 Å². The van der Waals surface area contributed by atoms with Crippen LogP contribution in [0.4, 0.5) is 18.9 Å². The number of carbonyl (C=O) groups is 2. The van der Waals surface area contributed by atoms with Gasteiger partial charge in [0.2, 0.25) is 11.8 Å². The molecule has 1 fully saturated rings. The zero-order valence-electron chi connectivity index (χ0n) is 17.5. The molecule has 2 atom stereocenters. The lowest BCUT2D eigenvalue weighted by molar-refractivity contribution is -0.384. The van der Waals surface area contributed by atoms with E-state index in [1.165, 1.54) is 40.1 Å². The summed E-state index contributed by atoms with van der Waals surface area (Å²) in [7, 11) is 1.56. The number of nitro benzene ring substituents is 1. The molecule has 1 saturated heterocycles. The summed E-state index contributed by atoms with van der Waals surface area (Å²) >= 11 is 0. The van der Waals surface area contributed by atoms with Crippen LogP contribution >= 0.6 is 0 Å². The van der Waals surface area contributed by atoms with E-state index in [1.54, 1.807) is 20.0 Å². The van der Waals surface area contributed by atoms with Crippen LogP contribution in [0.15, 0.2) is 48.5 Å². The van der Waals surface area contributed by atoms with Gasteiger partial charge in [0, 0.05) is 38.7 Å². The lowest BCUT2D eigenvalue weighted by Crippen LogP contribution is -2.36. The number of nitro groups is 1. The molecule has 1 heterocycles. The van der Waals surface area contributed by atoms with E-state index in [0.717, 1.165) is 12.1 Å². The number of halogens is 3. The molecule has 10 heteroatoms. The summed E-state index contributed by atoms with van der Waals surface area (Å²) in [5.74, 6) is -1.25. The van der Waals surface area contributed by atoms with Crippen molar-refractivity contribution in [3.8, 4) is 0 Å². The minimum Gasteiger partial charge on any atom is -0.339 e. The molecule has 0 radical (unpaired) electrons. The summed E-state index contributed by atoms with van der Waals surface area (Å²) < 4.78 is 38.8. The number of amides is 2. The van der Waals surface area contributed by atoms with Gasteiger partial charge in [0.25, 0.3) is 5.69 Å². The van der Waals surface area contributed by atoms with Crippen LogP contribution in [0.25, 0.3) is 0 Å². The van der Waals surface area contributed by atoms with E-state index in [1.807, 2.05) is 0 Å². The van der Waals surface area contributed by atoms with Gasteiger partial charge in [-0.3, -0.25) is 19.7 Å². The molecule has 7 nitrogen and oxygen atoms in total. The van der Waals surface area contributed by atoms with Gasteiger partial charge in [-0.25, -0.2) is 0 Å². The minimum atomic E-state index is -4.48. The molecule has 32 heavy (non-hydrogen) atoms. The van der Waals surface area contributed by atoms with E-state index in [2.05, 4.69) is 0 Å². The van der Waals surface area contributed by atoms with Gasteiger partial charge >= 0.3 is 6.18 Å². The molecule has 0 aliphatic carbocycles. The summed E-state index contributed by atoms with van der Waals surface area (Å²) in [6.45, 7) is 1.81. The molecule has 170 valence electrons. The van der Waals surface area contributed by atoms with Crippen molar-refractivity contribution in [2.75, 3.05) is 13.6 Å². The fourth-order valence-corrected chi connectivity index (χ4v) is 3.76. The third kappa shape index (κ3) is 5.06. The Morgan fingerprint density at radius 3 is 2.59 bits per heavy atom. The van der Waals surface area contributed by atoms with Crippen LogP contribution in [0, 0.1) is 16.0 Å². The van der Waals surface area contributed by atoms with Crippen molar-refractivity contribution in [1.29, 1.82) is 0 Å². The van der Waals surface area contributed by atoms with Crippen LogP contribution in [0.5, 0.6) is 0 Å². The molecule has 3 rings (SSSR count). The monoisotopic (exact) mass is 449 g/mol. The van der Waals surface area contributed by atoms with Gasteiger partial charge in [-0.2, -0.15) is 13.2 Å². The van der Waals surface area contributed by atoms with Gasteiger partial charge in [0.1, 0.15) is 0 Å². The lowest BCUT2D eigenvalue weighted by atomic mass is 10.0. The lowest BCUT2D eigenvalue weighted by Gasteiger charge is -2.28. The molecule has 1 aliphatic heterocycles. The maximum Gasteiger partial charge on any atom is 0.416 e. The number of alkyl halides is 3. The van der Waals surface area contributed by atoms with E-state index in [-0.39, 0.29) is 37.0 Å². The second kappa shape index (κ2) is 8.97. The van der Waals surface area contributed by atoms with Crippen molar-refractivity contribution in [3.05, 3.63) is 75.3 Å². The first-order valence-electron chi connectivity index (χ1n) is 9.92. The highest BCUT2D eigenvalue weighted by Crippen LogP contribution is 2.31. The van der Waals surface area contributed by atoms with Crippen molar-refractivity contribution < 1.29 is 27.7 Å². The molecule has 2 unspecified atom stereocenters. The van der Waals surface area contributed by atoms with Crippen LogP contribution in [0.2, 0.25) is 0 Å². The summed E-state index contributed by atoms with van der Waals surface area (Å²) in [5, 5.41) is 11.0. The molecule has 0 aromatic heterocycles. The van der Waals surface area contributed by atoms with Gasteiger partial charge in [-0.15, -0.1) is 0 Å². The molecular weight excluding hydrogens is 427 g/mol. The van der Waals surface area contributed by atoms with Crippen LogP contribution in [0.3, 0.4) is 0 Å². The normalized spacial score (nSPS) is 17.3. The van der Waals surface area contributed by atoms with E-state index < -0.39 is 28.6 Å². The standard InChI is InChI=1S/C22H22F3N3O4/c1-14(16-6-4-8-19(10-16)28(31)32)26(2)21(30)17-11-20(29)27(13-17)12-15-5-3-7-18(9-15)22(23,24)25/h3-10,14,17H,11-13H2,1-2H3. The van der Waals surface area contributed by atoms with E-state index in [0.29, 0.717) is 11.1 Å². The number of rotatable bonds is 6. The Morgan fingerprint density at radius 2 is 1.94 bits per heavy atom. The highest BCUT2D eigenvalue weighted by atomic mass is 19.4. The maximum atomic E-state index is 13.0. The highest BCUT2D eigenvalue weighted by Gasteiger charge is 2.37. The Labute approximate surface area is 182 Å². The maximum absolute atomic E-state index is 13.0. The molecule has 0 saturated carbocycles. The first-order valence-corrected chi connectivity index (χ1v) is 9.92. The Bertz CT molecular complexity index is 1040. The molecule has 2 aromatic carbocycles. The molecule has 2 aromatic rings. The van der Waals surface area contributed by atoms with Gasteiger partial charge in [-0.05, 0) is 30.2 Å². The number of carbonyl (C=O) groups excluding carboxylic acids is 2. The van der Waals surface area contributed by atoms with Crippen molar-refractivity contribution >= 4 is 17.5 Å². The number of hydrogen-bond donors (Lipinski definition) is 0. The average Bonchev–Trinajstić information content (AvgIpc) is 3.12. The summed E-state index contributed by atoms with van der Waals surface area (Å²) in [4.78, 5) is 38.7. The van der Waals surface area contributed by atoms with E-state index in [9.17, 15) is 32.9 Å². The quantitative estimate of drug-likeness (QED) is 0.489. The van der Waals surface area contributed by atoms with Crippen LogP contribution in [-0.2, 0) is 22.3 Å². The average molecular weight is 449 g/mol. The van der Waals surface area contributed by atoms with E-state index in [4.69, 9.17) is 0 Å². The highest BCUT2D eigenvalue weighted by molar-refractivity contribution is 5.89. The van der Waals surface area contributed by atoms with E-state index >= 15 is 0 Å².